The molecule has 0 aliphatic rings. The molecule has 0 rings (SSSR count). The molecule has 0 aromatic rings. The molecule has 0 aromatic heterocycles. The van der Waals surface area contributed by atoms with E-state index in [1.807, 2.05) is 13.0 Å². The Balaban J connectivity index is 3.61. The minimum atomic E-state index is -2.34. The molecule has 0 bridgehead atoms. The van der Waals surface area contributed by atoms with Crippen LogP contribution >= 0.6 is 0 Å². The Morgan fingerprint density at radius 2 is 2.18 bits per heavy atom. The Kier molecular flexibility index (Phi) is 5.67. The zero-order valence-electron chi connectivity index (χ0n) is 6.56. The monoisotopic (exact) mass is 162 g/mol. The van der Waals surface area contributed by atoms with Crippen molar-refractivity contribution in [2.45, 2.75) is 19.8 Å². The molecular weight excluding hydrogens is 150 g/mol. The van der Waals surface area contributed by atoms with E-state index in [0.717, 1.165) is 6.42 Å². The fourth-order valence-corrected chi connectivity index (χ4v) is 0.846. The summed E-state index contributed by atoms with van der Waals surface area (Å²) >= 11 is 0. The van der Waals surface area contributed by atoms with Crippen molar-refractivity contribution in [3.63, 3.8) is 0 Å². The molecule has 0 heterocycles. The first kappa shape index (κ1) is 10.3. The maximum Gasteiger partial charge on any atom is 0.251 e. The van der Waals surface area contributed by atoms with Crippen LogP contribution in [0.4, 0.5) is 8.78 Å². The van der Waals surface area contributed by atoms with E-state index in [1.165, 1.54) is 4.90 Å². The highest BCUT2D eigenvalue weighted by atomic mass is 19.3. The van der Waals surface area contributed by atoms with Gasteiger partial charge in [-0.2, -0.15) is 5.26 Å². The van der Waals surface area contributed by atoms with E-state index in [-0.39, 0.29) is 13.1 Å². The van der Waals surface area contributed by atoms with Crippen LogP contribution in [-0.2, 0) is 0 Å². The van der Waals surface area contributed by atoms with Crippen LogP contribution in [0.3, 0.4) is 0 Å². The lowest BCUT2D eigenvalue weighted by atomic mass is 10.4. The maximum atomic E-state index is 11.8. The summed E-state index contributed by atoms with van der Waals surface area (Å²) in [5.74, 6) is 0. The Morgan fingerprint density at radius 3 is 2.55 bits per heavy atom. The van der Waals surface area contributed by atoms with E-state index in [0.29, 0.717) is 6.54 Å². The summed E-state index contributed by atoms with van der Waals surface area (Å²) in [4.78, 5) is 1.45. The first-order valence-electron chi connectivity index (χ1n) is 3.58. The number of rotatable bonds is 5. The van der Waals surface area contributed by atoms with Crippen molar-refractivity contribution in [1.82, 2.24) is 4.90 Å². The van der Waals surface area contributed by atoms with Crippen LogP contribution in [0.25, 0.3) is 0 Å². The molecule has 0 amide bonds. The molecule has 0 spiro atoms. The summed E-state index contributed by atoms with van der Waals surface area (Å²) in [6.07, 6.45) is -1.54. The van der Waals surface area contributed by atoms with Gasteiger partial charge in [-0.3, -0.25) is 4.90 Å². The topological polar surface area (TPSA) is 27.0 Å². The molecule has 0 atom stereocenters. The summed E-state index contributed by atoms with van der Waals surface area (Å²) < 4.78 is 23.6. The molecule has 0 saturated carbocycles. The van der Waals surface area contributed by atoms with Gasteiger partial charge in [-0.1, -0.05) is 6.92 Å². The van der Waals surface area contributed by atoms with Gasteiger partial charge in [0.1, 0.15) is 0 Å². The molecule has 0 unspecified atom stereocenters. The van der Waals surface area contributed by atoms with Gasteiger partial charge in [-0.05, 0) is 13.0 Å². The lowest BCUT2D eigenvalue weighted by Gasteiger charge is -2.16. The predicted molar refractivity (Wildman–Crippen MR) is 38.3 cm³/mol. The summed E-state index contributed by atoms with van der Waals surface area (Å²) in [7, 11) is 0. The van der Waals surface area contributed by atoms with E-state index in [9.17, 15) is 8.78 Å². The SMILES string of the molecule is CCCN(CC#N)CC(F)F. The van der Waals surface area contributed by atoms with Gasteiger partial charge in [0, 0.05) is 0 Å². The molecule has 64 valence electrons. The molecular formula is C7H12F2N2. The summed E-state index contributed by atoms with van der Waals surface area (Å²) in [5.41, 5.74) is 0. The largest absolute Gasteiger partial charge is 0.285 e. The molecule has 4 heteroatoms. The van der Waals surface area contributed by atoms with Gasteiger partial charge in [0.05, 0.1) is 19.2 Å². The van der Waals surface area contributed by atoms with Gasteiger partial charge in [-0.15, -0.1) is 0 Å². The highest BCUT2D eigenvalue weighted by Gasteiger charge is 2.09. The van der Waals surface area contributed by atoms with Gasteiger partial charge < -0.3 is 0 Å². The summed E-state index contributed by atoms with van der Waals surface area (Å²) in [6, 6.07) is 1.85. The van der Waals surface area contributed by atoms with Crippen LogP contribution in [0.1, 0.15) is 13.3 Å². The second-order valence-electron chi connectivity index (χ2n) is 2.28. The molecule has 0 aliphatic heterocycles. The van der Waals surface area contributed by atoms with Gasteiger partial charge in [0.2, 0.25) is 0 Å². The van der Waals surface area contributed by atoms with Gasteiger partial charge in [0.25, 0.3) is 6.43 Å². The number of halogens is 2. The van der Waals surface area contributed by atoms with E-state index < -0.39 is 6.43 Å². The fourth-order valence-electron chi connectivity index (χ4n) is 0.846. The highest BCUT2D eigenvalue weighted by Crippen LogP contribution is 1.98. The van der Waals surface area contributed by atoms with Crippen LogP contribution in [0.15, 0.2) is 0 Å². The third-order valence-corrected chi connectivity index (χ3v) is 1.23. The minimum absolute atomic E-state index is 0.0954. The second kappa shape index (κ2) is 6.05. The number of hydrogen-bond acceptors (Lipinski definition) is 2. The molecule has 11 heavy (non-hydrogen) atoms. The van der Waals surface area contributed by atoms with Gasteiger partial charge in [-0.25, -0.2) is 8.78 Å². The standard InChI is InChI=1S/C7H12F2N2/c1-2-4-11(5-3-10)6-7(8)9/h7H,2,4-6H2,1H3. The Labute approximate surface area is 65.4 Å². The third-order valence-electron chi connectivity index (χ3n) is 1.23. The Hall–Kier alpha value is -0.690. The maximum absolute atomic E-state index is 11.8. The second-order valence-corrected chi connectivity index (χ2v) is 2.28. The number of alkyl halides is 2. The summed E-state index contributed by atoms with van der Waals surface area (Å²) in [6.45, 7) is 2.27. The van der Waals surface area contributed by atoms with Crippen molar-refractivity contribution >= 4 is 0 Å². The molecule has 0 N–H and O–H groups in total. The predicted octanol–water partition coefficient (Wildman–Crippen LogP) is 1.49. The third kappa shape index (κ3) is 5.74. The van der Waals surface area contributed by atoms with Crippen LogP contribution in [0.2, 0.25) is 0 Å². The lowest BCUT2D eigenvalue weighted by Crippen LogP contribution is -2.29. The van der Waals surface area contributed by atoms with Crippen molar-refractivity contribution in [3.8, 4) is 6.07 Å². The summed E-state index contributed by atoms with van der Waals surface area (Å²) in [5, 5.41) is 8.24. The highest BCUT2D eigenvalue weighted by molar-refractivity contribution is 4.76. The molecule has 2 nitrogen and oxygen atoms in total. The van der Waals surface area contributed by atoms with Crippen molar-refractivity contribution in [1.29, 1.82) is 5.26 Å². The molecule has 0 aliphatic carbocycles. The average molecular weight is 162 g/mol. The van der Waals surface area contributed by atoms with Crippen molar-refractivity contribution in [3.05, 3.63) is 0 Å². The van der Waals surface area contributed by atoms with E-state index in [1.54, 1.807) is 0 Å². The van der Waals surface area contributed by atoms with Gasteiger partial charge in [0.15, 0.2) is 0 Å². The Bertz CT molecular complexity index is 131. The Morgan fingerprint density at radius 1 is 1.55 bits per heavy atom. The van der Waals surface area contributed by atoms with Crippen LogP contribution in [-0.4, -0.2) is 31.0 Å². The van der Waals surface area contributed by atoms with Crippen molar-refractivity contribution in [2.75, 3.05) is 19.6 Å². The average Bonchev–Trinajstić information content (AvgIpc) is 1.87. The van der Waals surface area contributed by atoms with Crippen molar-refractivity contribution in [2.24, 2.45) is 0 Å². The van der Waals surface area contributed by atoms with E-state index >= 15 is 0 Å². The first-order chi connectivity index (χ1) is 5.20. The van der Waals surface area contributed by atoms with Gasteiger partial charge >= 0.3 is 0 Å². The number of nitrogens with zero attached hydrogens (tertiary/aromatic N) is 2. The number of hydrogen-bond donors (Lipinski definition) is 0. The normalized spacial score (nSPS) is 10.5. The fraction of sp³-hybridized carbons (Fsp3) is 0.857. The van der Waals surface area contributed by atoms with Crippen LogP contribution < -0.4 is 0 Å². The van der Waals surface area contributed by atoms with Crippen LogP contribution in [0.5, 0.6) is 0 Å². The smallest absolute Gasteiger partial charge is 0.251 e. The lowest BCUT2D eigenvalue weighted by molar-refractivity contribution is 0.0945. The first-order valence-corrected chi connectivity index (χ1v) is 3.58. The molecule has 0 radical (unpaired) electrons. The molecule has 0 aromatic carbocycles. The van der Waals surface area contributed by atoms with E-state index in [2.05, 4.69) is 0 Å². The van der Waals surface area contributed by atoms with E-state index in [4.69, 9.17) is 5.26 Å². The zero-order valence-corrected chi connectivity index (χ0v) is 6.56. The molecule has 0 fully saturated rings. The molecule has 0 saturated heterocycles. The zero-order chi connectivity index (χ0) is 8.69. The van der Waals surface area contributed by atoms with Crippen LogP contribution in [0, 0.1) is 11.3 Å². The number of nitriles is 1. The quantitative estimate of drug-likeness (QED) is 0.572. The van der Waals surface area contributed by atoms with Crippen molar-refractivity contribution < 1.29 is 8.78 Å². The minimum Gasteiger partial charge on any atom is -0.285 e.